The Kier molecular flexibility index (Phi) is 6.07. The minimum atomic E-state index is -0.565. The number of carbonyl (C=O) groups is 2. The van der Waals surface area contributed by atoms with Crippen molar-refractivity contribution in [2.75, 3.05) is 13.7 Å². The minimum Gasteiger partial charge on any atom is -0.493 e. The number of amides is 2. The second kappa shape index (κ2) is 9.09. The van der Waals surface area contributed by atoms with Crippen LogP contribution in [-0.2, 0) is 12.8 Å². The van der Waals surface area contributed by atoms with Gasteiger partial charge in [-0.05, 0) is 56.5 Å². The van der Waals surface area contributed by atoms with Gasteiger partial charge >= 0.3 is 0 Å². The quantitative estimate of drug-likeness (QED) is 0.577. The number of para-hydroxylation sites is 1. The number of nitrogens with one attached hydrogen (secondary N) is 2. The van der Waals surface area contributed by atoms with Gasteiger partial charge in [-0.3, -0.25) is 20.4 Å². The van der Waals surface area contributed by atoms with Gasteiger partial charge in [0.25, 0.3) is 11.8 Å². The van der Waals surface area contributed by atoms with Crippen molar-refractivity contribution in [3.05, 3.63) is 70.8 Å². The van der Waals surface area contributed by atoms with Crippen molar-refractivity contribution in [2.24, 2.45) is 0 Å². The normalized spacial score (nSPS) is 12.2. The lowest BCUT2D eigenvalue weighted by Crippen LogP contribution is -2.42. The van der Waals surface area contributed by atoms with Crippen molar-refractivity contribution in [1.82, 2.24) is 20.6 Å². The van der Waals surface area contributed by atoms with E-state index in [1.54, 1.807) is 30.3 Å². The minimum absolute atomic E-state index is 0.172. The summed E-state index contributed by atoms with van der Waals surface area (Å²) in [6.07, 6.45) is 2.21. The third kappa shape index (κ3) is 4.01. The third-order valence-corrected chi connectivity index (χ3v) is 5.24. The molecule has 1 heterocycles. The summed E-state index contributed by atoms with van der Waals surface area (Å²) in [5, 5.41) is 4.35. The average Bonchev–Trinajstić information content (AvgIpc) is 3.41. The van der Waals surface area contributed by atoms with Crippen LogP contribution in [0.4, 0.5) is 4.39 Å². The molecule has 0 saturated heterocycles. The summed E-state index contributed by atoms with van der Waals surface area (Å²) in [6.45, 7) is 2.31. The number of aromatic nitrogens is 2. The van der Waals surface area contributed by atoms with E-state index in [0.29, 0.717) is 30.9 Å². The van der Waals surface area contributed by atoms with Crippen LogP contribution in [0.3, 0.4) is 0 Å². The summed E-state index contributed by atoms with van der Waals surface area (Å²) in [5.74, 6) is -0.583. The van der Waals surface area contributed by atoms with Gasteiger partial charge in [-0.2, -0.15) is 5.10 Å². The average molecular weight is 438 g/mol. The molecule has 0 unspecified atom stereocenters. The first-order valence-corrected chi connectivity index (χ1v) is 10.3. The maximum absolute atomic E-state index is 14.3. The Morgan fingerprint density at radius 2 is 1.88 bits per heavy atom. The van der Waals surface area contributed by atoms with E-state index in [9.17, 15) is 14.0 Å². The topological polar surface area (TPSA) is 94.5 Å². The van der Waals surface area contributed by atoms with Crippen LogP contribution in [0.1, 0.15) is 45.4 Å². The van der Waals surface area contributed by atoms with Crippen LogP contribution in [0.25, 0.3) is 5.69 Å². The summed E-state index contributed by atoms with van der Waals surface area (Å²) in [6, 6.07) is 11.0. The van der Waals surface area contributed by atoms with E-state index >= 15 is 0 Å². The number of ether oxygens (including phenoxy) is 2. The van der Waals surface area contributed by atoms with E-state index in [1.807, 2.05) is 6.92 Å². The Morgan fingerprint density at radius 3 is 2.62 bits per heavy atom. The molecule has 1 aliphatic carbocycles. The maximum atomic E-state index is 14.3. The molecule has 4 rings (SSSR count). The molecule has 9 heteroatoms. The number of fused-ring (bicyclic) bond motifs is 1. The van der Waals surface area contributed by atoms with E-state index < -0.39 is 17.6 Å². The predicted octanol–water partition coefficient (Wildman–Crippen LogP) is 2.98. The molecule has 3 aromatic rings. The van der Waals surface area contributed by atoms with Crippen LogP contribution in [0.5, 0.6) is 11.5 Å². The molecule has 0 radical (unpaired) electrons. The molecule has 0 bridgehead atoms. The Bertz CT molecular complexity index is 1170. The number of hydrogen-bond acceptors (Lipinski definition) is 5. The highest BCUT2D eigenvalue weighted by molar-refractivity contribution is 5.99. The lowest BCUT2D eigenvalue weighted by molar-refractivity contribution is 0.0843. The molecule has 1 aromatic heterocycles. The summed E-state index contributed by atoms with van der Waals surface area (Å²) in [7, 11) is 1.48. The van der Waals surface area contributed by atoms with Crippen LogP contribution >= 0.6 is 0 Å². The first-order chi connectivity index (χ1) is 15.5. The van der Waals surface area contributed by atoms with Gasteiger partial charge in [0.05, 0.1) is 13.7 Å². The molecule has 8 nitrogen and oxygen atoms in total. The number of benzene rings is 2. The zero-order valence-corrected chi connectivity index (χ0v) is 17.8. The smallest absolute Gasteiger partial charge is 0.290 e. The van der Waals surface area contributed by atoms with Crippen LogP contribution in [0.2, 0.25) is 0 Å². The molecule has 2 amide bonds. The van der Waals surface area contributed by atoms with Gasteiger partial charge in [-0.15, -0.1) is 0 Å². The maximum Gasteiger partial charge on any atom is 0.290 e. The number of carbonyl (C=O) groups excluding carboxylic acids is 2. The highest BCUT2D eigenvalue weighted by Gasteiger charge is 2.28. The molecule has 0 atom stereocenters. The lowest BCUT2D eigenvalue weighted by Gasteiger charge is -2.11. The summed E-state index contributed by atoms with van der Waals surface area (Å²) < 4.78 is 26.5. The van der Waals surface area contributed by atoms with E-state index in [2.05, 4.69) is 16.0 Å². The largest absolute Gasteiger partial charge is 0.493 e. The Labute approximate surface area is 184 Å². The monoisotopic (exact) mass is 438 g/mol. The first-order valence-electron chi connectivity index (χ1n) is 10.3. The Morgan fingerprint density at radius 1 is 1.09 bits per heavy atom. The second-order valence-corrected chi connectivity index (χ2v) is 7.20. The Balaban J connectivity index is 1.51. The van der Waals surface area contributed by atoms with Crippen molar-refractivity contribution < 1.29 is 23.5 Å². The molecular formula is C23H23FN4O4. The van der Waals surface area contributed by atoms with Crippen LogP contribution in [-0.4, -0.2) is 35.3 Å². The van der Waals surface area contributed by atoms with Gasteiger partial charge in [0.15, 0.2) is 17.2 Å². The van der Waals surface area contributed by atoms with E-state index in [0.717, 1.165) is 17.7 Å². The summed E-state index contributed by atoms with van der Waals surface area (Å²) in [5.41, 5.74) is 7.12. The van der Waals surface area contributed by atoms with E-state index in [-0.39, 0.29) is 16.9 Å². The zero-order valence-electron chi connectivity index (χ0n) is 17.8. The standard InChI is InChI=1S/C23H23FN4O4/c1-3-32-19-12-11-14(13-20(19)31-2)22(29)25-26-23(30)21-15-7-6-10-17(15)28(27-21)18-9-5-4-8-16(18)24/h4-5,8-9,11-13H,3,6-7,10H2,1-2H3,(H,25,29)(H,26,30). The molecule has 1 aliphatic rings. The van der Waals surface area contributed by atoms with E-state index in [4.69, 9.17) is 9.47 Å². The van der Waals surface area contributed by atoms with Crippen molar-refractivity contribution >= 4 is 11.8 Å². The molecular weight excluding hydrogens is 415 g/mol. The number of rotatable bonds is 6. The molecule has 0 saturated carbocycles. The van der Waals surface area contributed by atoms with Gasteiger partial charge in [0, 0.05) is 16.8 Å². The number of hydrazine groups is 1. The van der Waals surface area contributed by atoms with Crippen molar-refractivity contribution in [2.45, 2.75) is 26.2 Å². The van der Waals surface area contributed by atoms with Gasteiger partial charge in [-0.1, -0.05) is 12.1 Å². The number of nitrogens with zero attached hydrogens (tertiary/aromatic N) is 2. The lowest BCUT2D eigenvalue weighted by atomic mass is 10.2. The van der Waals surface area contributed by atoms with Gasteiger partial charge in [0.1, 0.15) is 11.5 Å². The SMILES string of the molecule is CCOc1ccc(C(=O)NNC(=O)c2nn(-c3ccccc3F)c3c2CCC3)cc1OC. The van der Waals surface area contributed by atoms with Crippen molar-refractivity contribution in [3.63, 3.8) is 0 Å². The number of halogens is 1. The zero-order chi connectivity index (χ0) is 22.7. The van der Waals surface area contributed by atoms with Crippen LogP contribution in [0.15, 0.2) is 42.5 Å². The summed E-state index contributed by atoms with van der Waals surface area (Å²) in [4.78, 5) is 25.3. The summed E-state index contributed by atoms with van der Waals surface area (Å²) >= 11 is 0. The fourth-order valence-electron chi connectivity index (χ4n) is 3.77. The molecule has 0 spiro atoms. The molecule has 2 N–H and O–H groups in total. The molecule has 32 heavy (non-hydrogen) atoms. The van der Waals surface area contributed by atoms with Gasteiger partial charge < -0.3 is 9.47 Å². The molecule has 0 fully saturated rings. The third-order valence-electron chi connectivity index (χ3n) is 5.24. The number of methoxy groups -OCH3 is 1. The fourth-order valence-corrected chi connectivity index (χ4v) is 3.77. The first kappa shape index (κ1) is 21.4. The highest BCUT2D eigenvalue weighted by atomic mass is 19.1. The molecule has 2 aromatic carbocycles. The van der Waals surface area contributed by atoms with Crippen molar-refractivity contribution in [3.8, 4) is 17.2 Å². The molecule has 0 aliphatic heterocycles. The fraction of sp³-hybridized carbons (Fsp3) is 0.261. The Hall–Kier alpha value is -3.88. The van der Waals surface area contributed by atoms with Crippen LogP contribution in [0, 0.1) is 5.82 Å². The number of hydrogen-bond donors (Lipinski definition) is 2. The second-order valence-electron chi connectivity index (χ2n) is 7.20. The van der Waals surface area contributed by atoms with E-state index in [1.165, 1.54) is 23.9 Å². The van der Waals surface area contributed by atoms with Crippen molar-refractivity contribution in [1.29, 1.82) is 0 Å². The highest BCUT2D eigenvalue weighted by Crippen LogP contribution is 2.29. The predicted molar refractivity (Wildman–Crippen MR) is 115 cm³/mol. The van der Waals surface area contributed by atoms with Gasteiger partial charge in [0.2, 0.25) is 0 Å². The molecule has 166 valence electrons. The van der Waals surface area contributed by atoms with Crippen LogP contribution < -0.4 is 20.3 Å². The van der Waals surface area contributed by atoms with Gasteiger partial charge in [-0.25, -0.2) is 9.07 Å².